The van der Waals surface area contributed by atoms with Gasteiger partial charge in [0, 0.05) is 18.9 Å². The largest absolute Gasteiger partial charge is 0.460 e. The number of carbonyl (C=O) groups excluding carboxylic acids is 6. The summed E-state index contributed by atoms with van der Waals surface area (Å²) in [5.74, 6) is -4.83. The first kappa shape index (κ1) is 41.3. The Kier molecular flexibility index (Phi) is 19.2. The van der Waals surface area contributed by atoms with Crippen LogP contribution >= 0.6 is 0 Å². The van der Waals surface area contributed by atoms with Crippen molar-refractivity contribution >= 4 is 35.4 Å². The average Bonchev–Trinajstić information content (AvgIpc) is 3.02. The molecule has 0 radical (unpaired) electrons. The predicted octanol–water partition coefficient (Wildman–Crippen LogP) is 4.56. The van der Waals surface area contributed by atoms with Crippen LogP contribution in [-0.4, -0.2) is 54.1 Å². The van der Waals surface area contributed by atoms with Gasteiger partial charge in [-0.2, -0.15) is 0 Å². The van der Waals surface area contributed by atoms with Crippen molar-refractivity contribution in [1.29, 1.82) is 0 Å². The van der Waals surface area contributed by atoms with Crippen molar-refractivity contribution in [2.24, 2.45) is 29.4 Å². The molecule has 1 aliphatic rings. The van der Waals surface area contributed by atoms with Gasteiger partial charge in [0.25, 0.3) is 5.91 Å². The van der Waals surface area contributed by atoms with E-state index < -0.39 is 59.5 Å². The maximum atomic E-state index is 13.3. The fourth-order valence-corrected chi connectivity index (χ4v) is 5.09. The summed E-state index contributed by atoms with van der Waals surface area (Å²) in [4.78, 5) is 76.0. The SMILES string of the molecule is C=C1NC(=O)C(C)C(CCC(C)C(=O)/C=C/C(C)=C/CCC(C)CCCCCC)OC(=O)C(CCC(N)=O)NC(=O)C(C)CNC1=O. The Morgan fingerprint density at radius 1 is 1.00 bits per heavy atom. The molecule has 6 unspecified atom stereocenters. The minimum Gasteiger partial charge on any atom is -0.460 e. The molecule has 0 bridgehead atoms. The Morgan fingerprint density at radius 3 is 2.36 bits per heavy atom. The molecular weight excluding hydrogens is 600 g/mol. The van der Waals surface area contributed by atoms with Gasteiger partial charge in [0.1, 0.15) is 12.1 Å². The predicted molar refractivity (Wildman–Crippen MR) is 182 cm³/mol. The van der Waals surface area contributed by atoms with E-state index in [4.69, 9.17) is 10.5 Å². The van der Waals surface area contributed by atoms with Crippen molar-refractivity contribution in [1.82, 2.24) is 16.0 Å². The quantitative estimate of drug-likeness (QED) is 0.0767. The molecule has 47 heavy (non-hydrogen) atoms. The number of hydrogen-bond acceptors (Lipinski definition) is 7. The molecule has 1 heterocycles. The summed E-state index contributed by atoms with van der Waals surface area (Å²) in [6.07, 6.45) is 13.1. The molecular formula is C36H58N4O7. The lowest BCUT2D eigenvalue weighted by molar-refractivity contribution is -0.158. The number of ether oxygens (including phenoxy) is 1. The summed E-state index contributed by atoms with van der Waals surface area (Å²) >= 11 is 0. The minimum absolute atomic E-state index is 0.0800. The summed E-state index contributed by atoms with van der Waals surface area (Å²) in [7, 11) is 0. The number of cyclic esters (lactones) is 1. The smallest absolute Gasteiger partial charge is 0.328 e. The van der Waals surface area contributed by atoms with E-state index in [0.717, 1.165) is 18.4 Å². The minimum atomic E-state index is -1.20. The van der Waals surface area contributed by atoms with Gasteiger partial charge in [-0.1, -0.05) is 91.0 Å². The first-order valence-electron chi connectivity index (χ1n) is 17.1. The molecule has 6 atom stereocenters. The van der Waals surface area contributed by atoms with E-state index >= 15 is 0 Å². The molecule has 1 fully saturated rings. The number of hydrogen-bond donors (Lipinski definition) is 4. The number of amides is 4. The van der Waals surface area contributed by atoms with Crippen LogP contribution in [0.4, 0.5) is 0 Å². The van der Waals surface area contributed by atoms with Crippen molar-refractivity contribution in [2.45, 2.75) is 124 Å². The summed E-state index contributed by atoms with van der Waals surface area (Å²) in [5.41, 5.74) is 6.08. The Hall–Kier alpha value is -3.76. The van der Waals surface area contributed by atoms with E-state index in [2.05, 4.69) is 42.5 Å². The van der Waals surface area contributed by atoms with Gasteiger partial charge in [-0.25, -0.2) is 4.79 Å². The Bertz CT molecular complexity index is 1160. The lowest BCUT2D eigenvalue weighted by atomic mass is 9.92. The molecule has 264 valence electrons. The highest BCUT2D eigenvalue weighted by Gasteiger charge is 2.33. The van der Waals surface area contributed by atoms with E-state index in [9.17, 15) is 28.8 Å². The molecule has 0 aromatic heterocycles. The summed E-state index contributed by atoms with van der Waals surface area (Å²) in [5, 5.41) is 7.57. The Balaban J connectivity index is 2.97. The van der Waals surface area contributed by atoms with E-state index in [1.54, 1.807) is 19.9 Å². The van der Waals surface area contributed by atoms with Crippen molar-refractivity contribution in [2.75, 3.05) is 6.54 Å². The number of ketones is 1. The van der Waals surface area contributed by atoms with Crippen LogP contribution < -0.4 is 21.7 Å². The third-order valence-corrected chi connectivity index (χ3v) is 8.64. The number of nitrogens with one attached hydrogen (secondary N) is 3. The van der Waals surface area contributed by atoms with E-state index in [1.807, 2.05) is 13.0 Å². The van der Waals surface area contributed by atoms with Gasteiger partial charge < -0.3 is 26.4 Å². The number of esters is 1. The molecule has 11 heteroatoms. The number of primary amides is 1. The van der Waals surface area contributed by atoms with Gasteiger partial charge in [0.05, 0.1) is 17.5 Å². The van der Waals surface area contributed by atoms with E-state index in [1.165, 1.54) is 39.0 Å². The topological polar surface area (TPSA) is 174 Å². The molecule has 0 aromatic carbocycles. The van der Waals surface area contributed by atoms with Crippen LogP contribution in [0.15, 0.2) is 36.1 Å². The number of nitrogens with two attached hydrogens (primary N) is 1. The lowest BCUT2D eigenvalue weighted by Crippen LogP contribution is -2.49. The van der Waals surface area contributed by atoms with Crippen LogP contribution in [0.2, 0.25) is 0 Å². The van der Waals surface area contributed by atoms with Crippen molar-refractivity contribution in [3.05, 3.63) is 36.1 Å². The molecule has 0 aromatic rings. The fourth-order valence-electron chi connectivity index (χ4n) is 5.09. The number of unbranched alkanes of at least 4 members (excludes halogenated alkanes) is 3. The highest BCUT2D eigenvalue weighted by atomic mass is 16.5. The second-order valence-corrected chi connectivity index (χ2v) is 13.1. The monoisotopic (exact) mass is 658 g/mol. The van der Waals surface area contributed by atoms with Gasteiger partial charge in [-0.15, -0.1) is 0 Å². The molecule has 1 rings (SSSR count). The van der Waals surface area contributed by atoms with Crippen LogP contribution in [-0.2, 0) is 33.5 Å². The zero-order valence-electron chi connectivity index (χ0n) is 29.3. The van der Waals surface area contributed by atoms with Gasteiger partial charge in [-0.05, 0) is 51.0 Å². The third kappa shape index (κ3) is 16.6. The molecule has 4 amide bonds. The molecule has 11 nitrogen and oxygen atoms in total. The van der Waals surface area contributed by atoms with Gasteiger partial charge in [-0.3, -0.25) is 24.0 Å². The van der Waals surface area contributed by atoms with Crippen LogP contribution in [0.3, 0.4) is 0 Å². The highest BCUT2D eigenvalue weighted by Crippen LogP contribution is 2.21. The number of allylic oxidation sites excluding steroid dienone is 4. The lowest BCUT2D eigenvalue weighted by Gasteiger charge is -2.28. The second kappa shape index (κ2) is 21.9. The van der Waals surface area contributed by atoms with Crippen molar-refractivity contribution < 1.29 is 33.5 Å². The van der Waals surface area contributed by atoms with Gasteiger partial charge in [0.2, 0.25) is 17.7 Å². The highest BCUT2D eigenvalue weighted by molar-refractivity contribution is 5.98. The third-order valence-electron chi connectivity index (χ3n) is 8.64. The zero-order chi connectivity index (χ0) is 35.5. The summed E-state index contributed by atoms with van der Waals surface area (Å²) in [6.45, 7) is 14.9. The summed E-state index contributed by atoms with van der Waals surface area (Å²) < 4.78 is 5.76. The standard InChI is InChI=1S/C36H58N4O7/c1-8-9-10-11-13-23(2)14-12-15-24(3)16-19-30(41)25(4)17-20-31-27(6)34(44)39-28(7)35(45)38-22-26(5)33(43)40-29(36(46)47-31)18-21-32(37)42/h15-16,19,23,25-27,29,31H,7-14,17-18,20-22H2,1-6H3,(H2,37,42)(H,38,45)(H,39,44)(H,40,43)/b19-16+,24-15+. The van der Waals surface area contributed by atoms with E-state index in [-0.39, 0.29) is 37.3 Å². The van der Waals surface area contributed by atoms with Gasteiger partial charge in [0.15, 0.2) is 5.78 Å². The molecule has 0 saturated carbocycles. The van der Waals surface area contributed by atoms with Crippen LogP contribution in [0.1, 0.15) is 112 Å². The Labute approximate surface area is 281 Å². The van der Waals surface area contributed by atoms with Gasteiger partial charge >= 0.3 is 5.97 Å². The van der Waals surface area contributed by atoms with Crippen LogP contribution in [0.5, 0.6) is 0 Å². The second-order valence-electron chi connectivity index (χ2n) is 13.1. The van der Waals surface area contributed by atoms with Crippen LogP contribution in [0.25, 0.3) is 0 Å². The van der Waals surface area contributed by atoms with E-state index in [0.29, 0.717) is 12.3 Å². The molecule has 0 aliphatic carbocycles. The fraction of sp³-hybridized carbons (Fsp3) is 0.667. The normalized spacial score (nSPS) is 23.3. The molecule has 5 N–H and O–H groups in total. The zero-order valence-corrected chi connectivity index (χ0v) is 29.3. The summed E-state index contributed by atoms with van der Waals surface area (Å²) in [6, 6.07) is -1.20. The van der Waals surface area contributed by atoms with Crippen molar-refractivity contribution in [3.63, 3.8) is 0 Å². The maximum absolute atomic E-state index is 13.3. The first-order chi connectivity index (χ1) is 22.2. The first-order valence-corrected chi connectivity index (χ1v) is 17.1. The number of rotatable bonds is 17. The Morgan fingerprint density at radius 2 is 1.70 bits per heavy atom. The molecule has 0 spiro atoms. The van der Waals surface area contributed by atoms with Crippen molar-refractivity contribution in [3.8, 4) is 0 Å². The average molecular weight is 659 g/mol. The molecule has 1 saturated heterocycles. The maximum Gasteiger partial charge on any atom is 0.328 e. The molecule has 1 aliphatic heterocycles. The number of carbonyl (C=O) groups is 6. The van der Waals surface area contributed by atoms with Crippen LogP contribution in [0, 0.1) is 23.7 Å².